The standard InChI is InChI=1S/C28H29NOSi/c1-19(20(2)30)28-18-25(26-17-22(31(3,4)5)15-16-27(26)29-28)24-14-10-9-13-23(24)21-11-7-6-8-12-21/h6-18,30H,1-5H3/b20-19-. The summed E-state index contributed by atoms with van der Waals surface area (Å²) in [4.78, 5) is 4.91. The summed E-state index contributed by atoms with van der Waals surface area (Å²) in [5.41, 5.74) is 7.29. The van der Waals surface area contributed by atoms with Crippen molar-refractivity contribution in [3.63, 3.8) is 0 Å². The summed E-state index contributed by atoms with van der Waals surface area (Å²) in [5.74, 6) is 0.299. The molecule has 0 unspecified atom stereocenters. The van der Waals surface area contributed by atoms with Crippen LogP contribution in [0, 0.1) is 0 Å². The molecule has 2 nitrogen and oxygen atoms in total. The summed E-state index contributed by atoms with van der Waals surface area (Å²) in [6.45, 7) is 10.8. The number of fused-ring (bicyclic) bond motifs is 1. The predicted molar refractivity (Wildman–Crippen MR) is 136 cm³/mol. The second-order valence-electron chi connectivity index (χ2n) is 9.16. The van der Waals surface area contributed by atoms with Gasteiger partial charge in [0.25, 0.3) is 0 Å². The molecule has 156 valence electrons. The van der Waals surface area contributed by atoms with E-state index >= 15 is 0 Å². The van der Waals surface area contributed by atoms with Crippen molar-refractivity contribution in [1.29, 1.82) is 0 Å². The Morgan fingerprint density at radius 3 is 2.03 bits per heavy atom. The lowest BCUT2D eigenvalue weighted by Crippen LogP contribution is -2.37. The number of allylic oxidation sites excluding steroid dienone is 2. The third-order valence-electron chi connectivity index (χ3n) is 5.90. The molecule has 0 bridgehead atoms. The molecule has 4 aromatic rings. The van der Waals surface area contributed by atoms with Crippen molar-refractivity contribution < 1.29 is 5.11 Å². The first kappa shape index (κ1) is 21.1. The smallest absolute Gasteiger partial charge is 0.0942 e. The Morgan fingerprint density at radius 1 is 0.742 bits per heavy atom. The van der Waals surface area contributed by atoms with Gasteiger partial charge in [-0.2, -0.15) is 0 Å². The van der Waals surface area contributed by atoms with Crippen LogP contribution in [-0.2, 0) is 0 Å². The van der Waals surface area contributed by atoms with E-state index in [0.29, 0.717) is 5.76 Å². The molecule has 0 atom stereocenters. The molecule has 0 aliphatic rings. The number of benzene rings is 3. The van der Waals surface area contributed by atoms with Crippen LogP contribution in [0.25, 0.3) is 38.7 Å². The van der Waals surface area contributed by atoms with Crippen LogP contribution in [0.1, 0.15) is 19.5 Å². The maximum Gasteiger partial charge on any atom is 0.0942 e. The van der Waals surface area contributed by atoms with E-state index in [0.717, 1.165) is 27.7 Å². The molecule has 1 heterocycles. The first-order valence-electron chi connectivity index (χ1n) is 10.7. The fraction of sp³-hybridized carbons (Fsp3) is 0.179. The van der Waals surface area contributed by atoms with Gasteiger partial charge in [0.05, 0.1) is 25.0 Å². The third-order valence-corrected chi connectivity index (χ3v) is 7.95. The molecule has 0 aliphatic carbocycles. The van der Waals surface area contributed by atoms with E-state index in [4.69, 9.17) is 4.98 Å². The quantitative estimate of drug-likeness (QED) is 0.273. The zero-order chi connectivity index (χ0) is 22.2. The highest BCUT2D eigenvalue weighted by Crippen LogP contribution is 2.37. The van der Waals surface area contributed by atoms with Crippen LogP contribution < -0.4 is 5.19 Å². The normalized spacial score (nSPS) is 12.7. The van der Waals surface area contributed by atoms with E-state index in [1.165, 1.54) is 21.9 Å². The number of pyridine rings is 1. The monoisotopic (exact) mass is 423 g/mol. The van der Waals surface area contributed by atoms with Crippen LogP contribution in [-0.4, -0.2) is 18.2 Å². The van der Waals surface area contributed by atoms with E-state index < -0.39 is 8.07 Å². The van der Waals surface area contributed by atoms with E-state index in [-0.39, 0.29) is 0 Å². The molecule has 31 heavy (non-hydrogen) atoms. The highest BCUT2D eigenvalue weighted by molar-refractivity contribution is 6.88. The van der Waals surface area contributed by atoms with Gasteiger partial charge in [-0.05, 0) is 48.2 Å². The summed E-state index contributed by atoms with van der Waals surface area (Å²) in [7, 11) is -1.48. The van der Waals surface area contributed by atoms with Gasteiger partial charge in [0.15, 0.2) is 0 Å². The van der Waals surface area contributed by atoms with E-state index in [1.807, 2.05) is 13.0 Å². The average molecular weight is 424 g/mol. The van der Waals surface area contributed by atoms with Gasteiger partial charge in [0.2, 0.25) is 0 Å². The molecule has 0 aliphatic heterocycles. The topological polar surface area (TPSA) is 33.1 Å². The lowest BCUT2D eigenvalue weighted by atomic mass is 9.91. The van der Waals surface area contributed by atoms with Crippen LogP contribution in [0.2, 0.25) is 19.6 Å². The Kier molecular flexibility index (Phi) is 5.55. The maximum absolute atomic E-state index is 10.1. The third kappa shape index (κ3) is 4.19. The minimum Gasteiger partial charge on any atom is -0.512 e. The largest absolute Gasteiger partial charge is 0.512 e. The number of aliphatic hydroxyl groups is 1. The summed E-state index contributed by atoms with van der Waals surface area (Å²) in [5, 5.41) is 12.7. The first-order valence-corrected chi connectivity index (χ1v) is 14.2. The molecule has 0 saturated heterocycles. The van der Waals surface area contributed by atoms with Gasteiger partial charge in [-0.1, -0.05) is 91.6 Å². The lowest BCUT2D eigenvalue weighted by Gasteiger charge is -2.19. The van der Waals surface area contributed by atoms with Crippen molar-refractivity contribution in [3.8, 4) is 22.3 Å². The molecule has 0 fully saturated rings. The molecule has 0 radical (unpaired) electrons. The fourth-order valence-electron chi connectivity index (χ4n) is 3.88. The molecular weight excluding hydrogens is 394 g/mol. The van der Waals surface area contributed by atoms with Crippen molar-refractivity contribution >= 4 is 29.7 Å². The maximum atomic E-state index is 10.1. The van der Waals surface area contributed by atoms with Crippen LogP contribution >= 0.6 is 0 Å². The van der Waals surface area contributed by atoms with E-state index in [2.05, 4.69) is 92.4 Å². The number of hydrogen-bond donors (Lipinski definition) is 1. The molecule has 4 rings (SSSR count). The first-order chi connectivity index (χ1) is 14.8. The minimum absolute atomic E-state index is 0.299. The van der Waals surface area contributed by atoms with Gasteiger partial charge in [-0.15, -0.1) is 0 Å². The Balaban J connectivity index is 2.08. The van der Waals surface area contributed by atoms with Gasteiger partial charge < -0.3 is 5.11 Å². The van der Waals surface area contributed by atoms with Crippen LogP contribution in [0.4, 0.5) is 0 Å². The number of aliphatic hydroxyl groups excluding tert-OH is 1. The Morgan fingerprint density at radius 2 is 1.39 bits per heavy atom. The van der Waals surface area contributed by atoms with Gasteiger partial charge >= 0.3 is 0 Å². The van der Waals surface area contributed by atoms with Crippen molar-refractivity contribution in [3.05, 3.63) is 90.3 Å². The second-order valence-corrected chi connectivity index (χ2v) is 14.2. The molecule has 3 aromatic carbocycles. The Bertz CT molecular complexity index is 1280. The van der Waals surface area contributed by atoms with Gasteiger partial charge in [-0.3, -0.25) is 0 Å². The lowest BCUT2D eigenvalue weighted by molar-refractivity contribution is 0.416. The Labute approximate surface area is 185 Å². The summed E-state index contributed by atoms with van der Waals surface area (Å²) in [6, 6.07) is 27.9. The molecule has 1 aromatic heterocycles. The SMILES string of the molecule is C/C(O)=C(\C)c1cc(-c2ccccc2-c2ccccc2)c2cc([Si](C)(C)C)ccc2n1. The number of rotatable bonds is 4. The average Bonchev–Trinajstić information content (AvgIpc) is 2.77. The number of nitrogens with zero attached hydrogens (tertiary/aromatic N) is 1. The number of hydrogen-bond acceptors (Lipinski definition) is 2. The predicted octanol–water partition coefficient (Wildman–Crippen LogP) is 7.42. The molecular formula is C28H29NOSi. The van der Waals surface area contributed by atoms with Crippen molar-refractivity contribution in [2.45, 2.75) is 33.5 Å². The van der Waals surface area contributed by atoms with Crippen molar-refractivity contribution in [2.75, 3.05) is 0 Å². The van der Waals surface area contributed by atoms with Crippen molar-refractivity contribution in [1.82, 2.24) is 4.98 Å². The zero-order valence-electron chi connectivity index (χ0n) is 18.9. The minimum atomic E-state index is -1.48. The zero-order valence-corrected chi connectivity index (χ0v) is 19.9. The highest BCUT2D eigenvalue weighted by atomic mass is 28.3. The summed E-state index contributed by atoms with van der Waals surface area (Å²) < 4.78 is 0. The Hall–Kier alpha value is -3.17. The molecule has 3 heteroatoms. The van der Waals surface area contributed by atoms with Crippen LogP contribution in [0.15, 0.2) is 84.6 Å². The summed E-state index contributed by atoms with van der Waals surface area (Å²) >= 11 is 0. The molecule has 0 spiro atoms. The summed E-state index contributed by atoms with van der Waals surface area (Å²) in [6.07, 6.45) is 0. The molecule has 0 saturated carbocycles. The van der Waals surface area contributed by atoms with Gasteiger partial charge in [0.1, 0.15) is 0 Å². The van der Waals surface area contributed by atoms with E-state index in [9.17, 15) is 5.11 Å². The number of aromatic nitrogens is 1. The fourth-order valence-corrected chi connectivity index (χ4v) is 5.04. The van der Waals surface area contributed by atoms with Crippen LogP contribution in [0.5, 0.6) is 0 Å². The second kappa shape index (κ2) is 8.16. The van der Waals surface area contributed by atoms with Gasteiger partial charge in [0, 0.05) is 11.0 Å². The van der Waals surface area contributed by atoms with Crippen LogP contribution in [0.3, 0.4) is 0 Å². The highest BCUT2D eigenvalue weighted by Gasteiger charge is 2.19. The molecule has 0 amide bonds. The van der Waals surface area contributed by atoms with Crippen molar-refractivity contribution in [2.24, 2.45) is 0 Å². The van der Waals surface area contributed by atoms with Gasteiger partial charge in [-0.25, -0.2) is 4.98 Å². The van der Waals surface area contributed by atoms with E-state index in [1.54, 1.807) is 6.92 Å². The molecule has 1 N–H and O–H groups in total.